The summed E-state index contributed by atoms with van der Waals surface area (Å²) in [6.45, 7) is 4.02. The van der Waals surface area contributed by atoms with Crippen molar-refractivity contribution in [3.8, 4) is 0 Å². The summed E-state index contributed by atoms with van der Waals surface area (Å²) in [5.74, 6) is 1.50. The SMILES string of the molecule is Cc1ncc(Br)c(NC(C)CCO)n1. The first-order chi connectivity index (χ1) is 6.63. The van der Waals surface area contributed by atoms with Crippen LogP contribution in [0.2, 0.25) is 0 Å². The van der Waals surface area contributed by atoms with Gasteiger partial charge < -0.3 is 10.4 Å². The lowest BCUT2D eigenvalue weighted by atomic mass is 10.2. The van der Waals surface area contributed by atoms with Gasteiger partial charge in [0.05, 0.1) is 4.47 Å². The van der Waals surface area contributed by atoms with Crippen LogP contribution in [0.4, 0.5) is 5.82 Å². The number of halogens is 1. The number of nitrogens with zero attached hydrogens (tertiary/aromatic N) is 2. The molecule has 1 rings (SSSR count). The number of aliphatic hydroxyl groups excluding tert-OH is 1. The Morgan fingerprint density at radius 3 is 3.00 bits per heavy atom. The molecular formula is C9H14BrN3O. The van der Waals surface area contributed by atoms with Crippen LogP contribution in [0.3, 0.4) is 0 Å². The number of hydrogen-bond donors (Lipinski definition) is 2. The second-order valence-corrected chi connectivity index (χ2v) is 4.03. The van der Waals surface area contributed by atoms with Gasteiger partial charge in [-0.05, 0) is 36.2 Å². The molecule has 1 atom stereocenters. The van der Waals surface area contributed by atoms with Crippen LogP contribution in [0.1, 0.15) is 19.2 Å². The quantitative estimate of drug-likeness (QED) is 0.865. The zero-order chi connectivity index (χ0) is 10.6. The van der Waals surface area contributed by atoms with E-state index in [1.807, 2.05) is 13.8 Å². The first-order valence-electron chi connectivity index (χ1n) is 4.50. The number of hydrogen-bond acceptors (Lipinski definition) is 4. The molecule has 2 N–H and O–H groups in total. The van der Waals surface area contributed by atoms with Crippen LogP contribution in [0, 0.1) is 6.92 Å². The van der Waals surface area contributed by atoms with Crippen LogP contribution < -0.4 is 5.32 Å². The minimum Gasteiger partial charge on any atom is -0.396 e. The summed E-state index contributed by atoms with van der Waals surface area (Å²) >= 11 is 3.36. The van der Waals surface area contributed by atoms with Gasteiger partial charge in [-0.25, -0.2) is 9.97 Å². The average Bonchev–Trinajstić information content (AvgIpc) is 2.12. The van der Waals surface area contributed by atoms with Crippen LogP contribution in [0.5, 0.6) is 0 Å². The molecule has 0 fully saturated rings. The third kappa shape index (κ3) is 3.23. The van der Waals surface area contributed by atoms with E-state index in [1.54, 1.807) is 6.20 Å². The lowest BCUT2D eigenvalue weighted by molar-refractivity contribution is 0.282. The Bertz CT molecular complexity index is 306. The summed E-state index contributed by atoms with van der Waals surface area (Å²) in [5, 5.41) is 11.9. The van der Waals surface area contributed by atoms with Crippen LogP contribution in [-0.2, 0) is 0 Å². The monoisotopic (exact) mass is 259 g/mol. The van der Waals surface area contributed by atoms with E-state index in [-0.39, 0.29) is 12.6 Å². The van der Waals surface area contributed by atoms with Crippen LogP contribution in [0.15, 0.2) is 10.7 Å². The van der Waals surface area contributed by atoms with Gasteiger partial charge in [-0.3, -0.25) is 0 Å². The highest BCUT2D eigenvalue weighted by atomic mass is 79.9. The van der Waals surface area contributed by atoms with Crippen molar-refractivity contribution >= 4 is 21.7 Å². The summed E-state index contributed by atoms with van der Waals surface area (Å²) in [6.07, 6.45) is 2.42. The molecule has 0 aliphatic carbocycles. The van der Waals surface area contributed by atoms with Crippen LogP contribution in [-0.4, -0.2) is 27.7 Å². The van der Waals surface area contributed by atoms with E-state index in [2.05, 4.69) is 31.2 Å². The molecule has 1 unspecified atom stereocenters. The molecule has 1 aromatic heterocycles. The number of aromatic nitrogens is 2. The molecule has 5 heteroatoms. The second-order valence-electron chi connectivity index (χ2n) is 3.17. The maximum absolute atomic E-state index is 8.75. The van der Waals surface area contributed by atoms with Gasteiger partial charge in [-0.15, -0.1) is 0 Å². The average molecular weight is 260 g/mol. The van der Waals surface area contributed by atoms with Crippen molar-refractivity contribution in [2.75, 3.05) is 11.9 Å². The highest BCUT2D eigenvalue weighted by Crippen LogP contribution is 2.19. The molecule has 78 valence electrons. The van der Waals surface area contributed by atoms with Crippen molar-refractivity contribution in [1.82, 2.24) is 9.97 Å². The summed E-state index contributed by atoms with van der Waals surface area (Å²) in [5.41, 5.74) is 0. The molecular weight excluding hydrogens is 246 g/mol. The van der Waals surface area contributed by atoms with E-state index in [0.29, 0.717) is 6.42 Å². The number of rotatable bonds is 4. The molecule has 1 aromatic rings. The molecule has 0 spiro atoms. The fourth-order valence-electron chi connectivity index (χ4n) is 1.06. The van der Waals surface area contributed by atoms with Gasteiger partial charge in [0.2, 0.25) is 0 Å². The number of nitrogens with one attached hydrogen (secondary N) is 1. The molecule has 0 aromatic carbocycles. The first kappa shape index (κ1) is 11.4. The fraction of sp³-hybridized carbons (Fsp3) is 0.556. The smallest absolute Gasteiger partial charge is 0.144 e. The lowest BCUT2D eigenvalue weighted by Gasteiger charge is -2.14. The van der Waals surface area contributed by atoms with Crippen molar-refractivity contribution in [2.24, 2.45) is 0 Å². The maximum atomic E-state index is 8.75. The van der Waals surface area contributed by atoms with E-state index in [0.717, 1.165) is 16.1 Å². The fourth-order valence-corrected chi connectivity index (χ4v) is 1.36. The third-order valence-electron chi connectivity index (χ3n) is 1.81. The molecule has 0 saturated heterocycles. The molecule has 1 heterocycles. The van der Waals surface area contributed by atoms with Gasteiger partial charge >= 0.3 is 0 Å². The largest absolute Gasteiger partial charge is 0.396 e. The number of anilines is 1. The van der Waals surface area contributed by atoms with Crippen LogP contribution in [0.25, 0.3) is 0 Å². The normalized spacial score (nSPS) is 12.6. The predicted octanol–water partition coefficient (Wildman–Crippen LogP) is 1.73. The Labute approximate surface area is 91.9 Å². The van der Waals surface area contributed by atoms with Crippen molar-refractivity contribution in [1.29, 1.82) is 0 Å². The van der Waals surface area contributed by atoms with E-state index >= 15 is 0 Å². The zero-order valence-corrected chi connectivity index (χ0v) is 9.87. The van der Waals surface area contributed by atoms with Gasteiger partial charge in [0, 0.05) is 18.8 Å². The molecule has 0 amide bonds. The van der Waals surface area contributed by atoms with E-state index in [1.165, 1.54) is 0 Å². The number of aryl methyl sites for hydroxylation is 1. The van der Waals surface area contributed by atoms with Gasteiger partial charge in [0.1, 0.15) is 11.6 Å². The Balaban J connectivity index is 2.70. The molecule has 0 radical (unpaired) electrons. The summed E-state index contributed by atoms with van der Waals surface area (Å²) < 4.78 is 0.841. The van der Waals surface area contributed by atoms with Crippen molar-refractivity contribution in [3.63, 3.8) is 0 Å². The van der Waals surface area contributed by atoms with Crippen molar-refractivity contribution in [2.45, 2.75) is 26.3 Å². The van der Waals surface area contributed by atoms with Crippen molar-refractivity contribution in [3.05, 3.63) is 16.5 Å². The second kappa shape index (κ2) is 5.26. The van der Waals surface area contributed by atoms with Gasteiger partial charge in [-0.2, -0.15) is 0 Å². The zero-order valence-electron chi connectivity index (χ0n) is 8.29. The first-order valence-corrected chi connectivity index (χ1v) is 5.29. The standard InChI is InChI=1S/C9H14BrN3O/c1-6(3-4-14)12-9-8(10)5-11-7(2)13-9/h5-6,14H,3-4H2,1-2H3,(H,11,12,13). The Hall–Kier alpha value is -0.680. The lowest BCUT2D eigenvalue weighted by Crippen LogP contribution is -2.18. The molecule has 0 bridgehead atoms. The highest BCUT2D eigenvalue weighted by molar-refractivity contribution is 9.10. The highest BCUT2D eigenvalue weighted by Gasteiger charge is 2.06. The predicted molar refractivity (Wildman–Crippen MR) is 59.3 cm³/mol. The maximum Gasteiger partial charge on any atom is 0.144 e. The molecule has 0 aliphatic heterocycles. The Morgan fingerprint density at radius 1 is 1.64 bits per heavy atom. The van der Waals surface area contributed by atoms with E-state index < -0.39 is 0 Å². The molecule has 4 nitrogen and oxygen atoms in total. The van der Waals surface area contributed by atoms with Gasteiger partial charge in [-0.1, -0.05) is 0 Å². The topological polar surface area (TPSA) is 58.0 Å². The molecule has 0 aliphatic rings. The molecule has 14 heavy (non-hydrogen) atoms. The minimum atomic E-state index is 0.176. The summed E-state index contributed by atoms with van der Waals surface area (Å²) in [6, 6.07) is 0.200. The van der Waals surface area contributed by atoms with E-state index in [4.69, 9.17) is 5.11 Å². The van der Waals surface area contributed by atoms with Gasteiger partial charge in [0.15, 0.2) is 0 Å². The Morgan fingerprint density at radius 2 is 2.36 bits per heavy atom. The van der Waals surface area contributed by atoms with Gasteiger partial charge in [0.25, 0.3) is 0 Å². The minimum absolute atomic E-state index is 0.176. The van der Waals surface area contributed by atoms with Crippen LogP contribution >= 0.6 is 15.9 Å². The number of aliphatic hydroxyl groups is 1. The summed E-state index contributed by atoms with van der Waals surface area (Å²) in [7, 11) is 0. The summed E-state index contributed by atoms with van der Waals surface area (Å²) in [4.78, 5) is 8.29. The Kier molecular flexibility index (Phi) is 4.28. The van der Waals surface area contributed by atoms with Crippen molar-refractivity contribution < 1.29 is 5.11 Å². The molecule has 0 saturated carbocycles. The van der Waals surface area contributed by atoms with E-state index in [9.17, 15) is 0 Å². The third-order valence-corrected chi connectivity index (χ3v) is 2.39.